The smallest absolute Gasteiger partial charge is 0.207 e. The third-order valence-electron chi connectivity index (χ3n) is 1.24. The van der Waals surface area contributed by atoms with Crippen LogP contribution in [0.4, 0.5) is 0 Å². The van der Waals surface area contributed by atoms with Gasteiger partial charge in [0.05, 0.1) is 26.4 Å². The maximum Gasteiger partial charge on any atom is 0.207 e. The van der Waals surface area contributed by atoms with Crippen LogP contribution in [0.5, 0.6) is 0 Å². The SMILES string of the molecule is N#CSCCOCCOCCNC=O. The fourth-order valence-corrected chi connectivity index (χ4v) is 0.951. The highest BCUT2D eigenvalue weighted by atomic mass is 32.2. The van der Waals surface area contributed by atoms with E-state index in [0.29, 0.717) is 45.1 Å². The molecule has 0 bridgehead atoms. The van der Waals surface area contributed by atoms with Crippen LogP contribution in [0.3, 0.4) is 0 Å². The molecule has 0 radical (unpaired) electrons. The van der Waals surface area contributed by atoms with Crippen molar-refractivity contribution >= 4 is 18.2 Å². The number of nitrogens with zero attached hydrogens (tertiary/aromatic N) is 1. The standard InChI is InChI=1S/C8H14N2O3S/c9-7-14-6-5-13-4-3-12-2-1-10-8-11/h8H,1-6H2,(H,10,11). The van der Waals surface area contributed by atoms with Crippen molar-refractivity contribution in [2.24, 2.45) is 0 Å². The molecule has 0 fully saturated rings. The molecule has 0 rings (SSSR count). The van der Waals surface area contributed by atoms with E-state index in [2.05, 4.69) is 5.32 Å². The van der Waals surface area contributed by atoms with E-state index >= 15 is 0 Å². The molecule has 6 heteroatoms. The van der Waals surface area contributed by atoms with Crippen LogP contribution in [0.1, 0.15) is 0 Å². The van der Waals surface area contributed by atoms with E-state index in [1.165, 1.54) is 11.8 Å². The van der Waals surface area contributed by atoms with E-state index in [0.717, 1.165) is 0 Å². The molecule has 0 saturated carbocycles. The Bertz CT molecular complexity index is 172. The molecule has 0 aromatic carbocycles. The monoisotopic (exact) mass is 218 g/mol. The number of nitriles is 1. The number of ether oxygens (including phenoxy) is 2. The van der Waals surface area contributed by atoms with Gasteiger partial charge in [-0.25, -0.2) is 0 Å². The Balaban J connectivity index is 2.85. The first-order valence-electron chi connectivity index (χ1n) is 4.25. The number of hydrogen-bond acceptors (Lipinski definition) is 5. The second kappa shape index (κ2) is 12.2. The van der Waals surface area contributed by atoms with Gasteiger partial charge < -0.3 is 14.8 Å². The molecule has 0 aliphatic heterocycles. The first-order valence-corrected chi connectivity index (χ1v) is 5.23. The Morgan fingerprint density at radius 1 is 1.29 bits per heavy atom. The molecule has 1 amide bonds. The van der Waals surface area contributed by atoms with Crippen molar-refractivity contribution in [1.29, 1.82) is 5.26 Å². The van der Waals surface area contributed by atoms with Gasteiger partial charge in [-0.1, -0.05) is 0 Å². The fourth-order valence-electron chi connectivity index (χ4n) is 0.658. The molecular weight excluding hydrogens is 204 g/mol. The van der Waals surface area contributed by atoms with Crippen molar-refractivity contribution in [3.8, 4) is 5.40 Å². The minimum atomic E-state index is 0.495. The highest BCUT2D eigenvalue weighted by Gasteiger charge is 1.90. The zero-order valence-corrected chi connectivity index (χ0v) is 8.72. The number of thioether (sulfide) groups is 1. The van der Waals surface area contributed by atoms with E-state index in [1.54, 1.807) is 0 Å². The van der Waals surface area contributed by atoms with Gasteiger partial charge in [0.2, 0.25) is 6.41 Å². The summed E-state index contributed by atoms with van der Waals surface area (Å²) in [5.41, 5.74) is 0. The van der Waals surface area contributed by atoms with Crippen molar-refractivity contribution in [2.45, 2.75) is 0 Å². The quantitative estimate of drug-likeness (QED) is 0.317. The van der Waals surface area contributed by atoms with E-state index in [1.807, 2.05) is 5.40 Å². The third kappa shape index (κ3) is 11.2. The Labute approximate surface area is 87.7 Å². The number of rotatable bonds is 10. The maximum atomic E-state index is 9.82. The minimum Gasteiger partial charge on any atom is -0.378 e. The largest absolute Gasteiger partial charge is 0.378 e. The Morgan fingerprint density at radius 3 is 2.64 bits per heavy atom. The molecule has 0 atom stereocenters. The molecule has 0 saturated heterocycles. The molecule has 0 unspecified atom stereocenters. The van der Waals surface area contributed by atoms with Crippen LogP contribution in [-0.2, 0) is 14.3 Å². The molecular formula is C8H14N2O3S. The van der Waals surface area contributed by atoms with Gasteiger partial charge in [0.25, 0.3) is 0 Å². The summed E-state index contributed by atoms with van der Waals surface area (Å²) in [5, 5.41) is 12.6. The van der Waals surface area contributed by atoms with Crippen LogP contribution in [0, 0.1) is 10.7 Å². The first kappa shape index (κ1) is 13.2. The lowest BCUT2D eigenvalue weighted by atomic mass is 10.7. The van der Waals surface area contributed by atoms with Crippen LogP contribution in [0.15, 0.2) is 0 Å². The third-order valence-corrected chi connectivity index (χ3v) is 1.74. The van der Waals surface area contributed by atoms with Gasteiger partial charge in [-0.05, 0) is 11.8 Å². The van der Waals surface area contributed by atoms with Crippen molar-refractivity contribution in [3.05, 3.63) is 0 Å². The summed E-state index contributed by atoms with van der Waals surface area (Å²) in [6.07, 6.45) is 0.638. The van der Waals surface area contributed by atoms with Crippen LogP contribution in [-0.4, -0.2) is 45.1 Å². The second-order valence-electron chi connectivity index (χ2n) is 2.24. The van der Waals surface area contributed by atoms with Gasteiger partial charge in [0, 0.05) is 12.3 Å². The summed E-state index contributed by atoms with van der Waals surface area (Å²) in [6.45, 7) is 2.61. The number of nitrogens with one attached hydrogen (secondary N) is 1. The maximum absolute atomic E-state index is 9.82. The molecule has 14 heavy (non-hydrogen) atoms. The first-order chi connectivity index (χ1) is 6.91. The predicted octanol–water partition coefficient (Wildman–Crippen LogP) is -0.0201. The zero-order chi connectivity index (χ0) is 10.5. The molecule has 1 N–H and O–H groups in total. The predicted molar refractivity (Wildman–Crippen MR) is 53.8 cm³/mol. The fraction of sp³-hybridized carbons (Fsp3) is 0.750. The molecule has 0 aromatic heterocycles. The van der Waals surface area contributed by atoms with Crippen molar-refractivity contribution in [1.82, 2.24) is 5.32 Å². The Hall–Kier alpha value is -0.770. The summed E-state index contributed by atoms with van der Waals surface area (Å²) in [6, 6.07) is 0. The van der Waals surface area contributed by atoms with Gasteiger partial charge in [0.1, 0.15) is 5.40 Å². The summed E-state index contributed by atoms with van der Waals surface area (Å²) in [4.78, 5) is 9.82. The lowest BCUT2D eigenvalue weighted by Crippen LogP contribution is -2.18. The van der Waals surface area contributed by atoms with Crippen LogP contribution in [0.25, 0.3) is 0 Å². The van der Waals surface area contributed by atoms with Gasteiger partial charge in [0.15, 0.2) is 0 Å². The number of hydrogen-bond donors (Lipinski definition) is 1. The number of amides is 1. The van der Waals surface area contributed by atoms with Gasteiger partial charge in [-0.3, -0.25) is 4.79 Å². The molecule has 80 valence electrons. The Morgan fingerprint density at radius 2 is 2.00 bits per heavy atom. The van der Waals surface area contributed by atoms with Gasteiger partial charge in [-0.2, -0.15) is 5.26 Å². The van der Waals surface area contributed by atoms with Crippen LogP contribution in [0.2, 0.25) is 0 Å². The van der Waals surface area contributed by atoms with Gasteiger partial charge >= 0.3 is 0 Å². The average molecular weight is 218 g/mol. The molecule has 0 aromatic rings. The molecule has 0 spiro atoms. The van der Waals surface area contributed by atoms with Crippen LogP contribution >= 0.6 is 11.8 Å². The lowest BCUT2D eigenvalue weighted by molar-refractivity contribution is -0.109. The van der Waals surface area contributed by atoms with Gasteiger partial charge in [-0.15, -0.1) is 0 Å². The molecule has 5 nitrogen and oxygen atoms in total. The normalized spacial score (nSPS) is 9.36. The molecule has 0 aliphatic rings. The summed E-state index contributed by atoms with van der Waals surface area (Å²) >= 11 is 1.17. The highest BCUT2D eigenvalue weighted by Crippen LogP contribution is 1.94. The van der Waals surface area contributed by atoms with E-state index in [4.69, 9.17) is 14.7 Å². The molecule has 0 heterocycles. The van der Waals surface area contributed by atoms with Crippen molar-refractivity contribution < 1.29 is 14.3 Å². The van der Waals surface area contributed by atoms with Crippen molar-refractivity contribution in [2.75, 3.05) is 38.7 Å². The second-order valence-corrected chi connectivity index (χ2v) is 3.12. The van der Waals surface area contributed by atoms with E-state index in [9.17, 15) is 4.79 Å². The summed E-state index contributed by atoms with van der Waals surface area (Å²) < 4.78 is 10.3. The number of carbonyl (C=O) groups is 1. The summed E-state index contributed by atoms with van der Waals surface area (Å²) in [7, 11) is 0. The Kier molecular flexibility index (Phi) is 11.6. The lowest BCUT2D eigenvalue weighted by Gasteiger charge is -2.04. The topological polar surface area (TPSA) is 71.3 Å². The summed E-state index contributed by atoms with van der Waals surface area (Å²) in [5.74, 6) is 0.684. The highest BCUT2D eigenvalue weighted by molar-refractivity contribution is 8.03. The minimum absolute atomic E-state index is 0.495. The number of carbonyl (C=O) groups excluding carboxylic acids is 1. The average Bonchev–Trinajstić information content (AvgIpc) is 2.21. The van der Waals surface area contributed by atoms with Crippen LogP contribution < -0.4 is 5.32 Å². The molecule has 0 aliphatic carbocycles. The van der Waals surface area contributed by atoms with E-state index in [-0.39, 0.29) is 0 Å². The zero-order valence-electron chi connectivity index (χ0n) is 7.90. The van der Waals surface area contributed by atoms with Crippen molar-refractivity contribution in [3.63, 3.8) is 0 Å². The number of thiocyanates is 1. The van der Waals surface area contributed by atoms with E-state index < -0.39 is 0 Å².